The number of para-hydroxylation sites is 1. The molecule has 2 N–H and O–H groups in total. The summed E-state index contributed by atoms with van der Waals surface area (Å²) in [6.07, 6.45) is 3.85. The number of pyridine rings is 1. The minimum absolute atomic E-state index is 0. The molecule has 2 heterocycles. The van der Waals surface area contributed by atoms with Crippen LogP contribution < -0.4 is 10.6 Å². The van der Waals surface area contributed by atoms with E-state index in [1.165, 1.54) is 0 Å². The lowest BCUT2D eigenvalue weighted by molar-refractivity contribution is -0.125. The van der Waals surface area contributed by atoms with E-state index < -0.39 is 0 Å². The van der Waals surface area contributed by atoms with Crippen molar-refractivity contribution in [2.24, 2.45) is 5.92 Å². The van der Waals surface area contributed by atoms with Crippen LogP contribution >= 0.6 is 24.8 Å². The number of hydrogen-bond acceptors (Lipinski definition) is 3. The second-order valence-electron chi connectivity index (χ2n) is 5.25. The van der Waals surface area contributed by atoms with Crippen LogP contribution in [0.5, 0.6) is 0 Å². The highest BCUT2D eigenvalue weighted by Crippen LogP contribution is 2.16. The molecule has 1 aliphatic heterocycles. The second-order valence-corrected chi connectivity index (χ2v) is 5.25. The van der Waals surface area contributed by atoms with Crippen LogP contribution in [-0.2, 0) is 11.3 Å². The highest BCUT2D eigenvalue weighted by Gasteiger charge is 2.20. The molecule has 0 radical (unpaired) electrons. The monoisotopic (exact) mass is 341 g/mol. The molecule has 1 saturated heterocycles. The third kappa shape index (κ3) is 4.32. The standard InChI is InChI=1S/C16H19N3O.2ClH/c20-16(14-7-2-8-17-10-14)19-11-13-5-1-4-12-6-3-9-18-15(12)13;;/h1,3-6,9,14,17H,2,7-8,10-11H2,(H,19,20);2*1H/t14-;;/m1../s1. The first-order valence-electron chi connectivity index (χ1n) is 7.15. The van der Waals surface area contributed by atoms with Gasteiger partial charge >= 0.3 is 0 Å². The van der Waals surface area contributed by atoms with Gasteiger partial charge in [0.15, 0.2) is 0 Å². The van der Waals surface area contributed by atoms with Crippen molar-refractivity contribution in [1.82, 2.24) is 15.6 Å². The fourth-order valence-corrected chi connectivity index (χ4v) is 2.71. The minimum atomic E-state index is 0. The van der Waals surface area contributed by atoms with Gasteiger partial charge < -0.3 is 10.6 Å². The topological polar surface area (TPSA) is 54.0 Å². The number of carbonyl (C=O) groups excluding carboxylic acids is 1. The zero-order chi connectivity index (χ0) is 13.8. The summed E-state index contributed by atoms with van der Waals surface area (Å²) in [6, 6.07) is 10.0. The predicted octanol–water partition coefficient (Wildman–Crippen LogP) is 2.69. The van der Waals surface area contributed by atoms with Crippen molar-refractivity contribution >= 4 is 41.6 Å². The van der Waals surface area contributed by atoms with Crippen LogP contribution in [0.3, 0.4) is 0 Å². The maximum Gasteiger partial charge on any atom is 0.224 e. The predicted molar refractivity (Wildman–Crippen MR) is 93.7 cm³/mol. The first-order valence-corrected chi connectivity index (χ1v) is 7.15. The molecule has 1 aromatic carbocycles. The molecule has 1 aromatic heterocycles. The largest absolute Gasteiger partial charge is 0.352 e. The zero-order valence-corrected chi connectivity index (χ0v) is 13.9. The Morgan fingerprint density at radius 3 is 2.86 bits per heavy atom. The Morgan fingerprint density at radius 1 is 1.27 bits per heavy atom. The van der Waals surface area contributed by atoms with Crippen LogP contribution in [0.2, 0.25) is 0 Å². The summed E-state index contributed by atoms with van der Waals surface area (Å²) >= 11 is 0. The Hall–Kier alpha value is -1.36. The summed E-state index contributed by atoms with van der Waals surface area (Å²) < 4.78 is 0. The number of halogens is 2. The summed E-state index contributed by atoms with van der Waals surface area (Å²) in [6.45, 7) is 2.36. The SMILES string of the molecule is Cl.Cl.O=C(NCc1cccc2cccnc12)[C@@H]1CCCNC1. The molecular weight excluding hydrogens is 321 g/mol. The fraction of sp³-hybridized carbons (Fsp3) is 0.375. The number of amides is 1. The Morgan fingerprint density at radius 2 is 2.09 bits per heavy atom. The van der Waals surface area contributed by atoms with Crippen LogP contribution in [0.4, 0.5) is 0 Å². The van der Waals surface area contributed by atoms with Gasteiger partial charge in [-0.05, 0) is 31.0 Å². The first-order chi connectivity index (χ1) is 9.84. The van der Waals surface area contributed by atoms with E-state index in [4.69, 9.17) is 0 Å². The molecule has 1 aliphatic rings. The van der Waals surface area contributed by atoms with Crippen LogP contribution in [0.1, 0.15) is 18.4 Å². The van der Waals surface area contributed by atoms with Gasteiger partial charge in [0.25, 0.3) is 0 Å². The zero-order valence-electron chi connectivity index (χ0n) is 12.2. The Labute approximate surface area is 142 Å². The van der Waals surface area contributed by atoms with Crippen LogP contribution in [0.15, 0.2) is 36.5 Å². The van der Waals surface area contributed by atoms with Crippen molar-refractivity contribution in [3.8, 4) is 0 Å². The van der Waals surface area contributed by atoms with Gasteiger partial charge in [-0.2, -0.15) is 0 Å². The number of nitrogens with one attached hydrogen (secondary N) is 2. The van der Waals surface area contributed by atoms with Gasteiger partial charge in [-0.3, -0.25) is 9.78 Å². The molecule has 22 heavy (non-hydrogen) atoms. The quantitative estimate of drug-likeness (QED) is 0.902. The number of nitrogens with zero attached hydrogens (tertiary/aromatic N) is 1. The highest BCUT2D eigenvalue weighted by molar-refractivity contribution is 5.85. The molecule has 0 saturated carbocycles. The molecule has 1 amide bonds. The molecule has 3 rings (SSSR count). The average Bonchev–Trinajstić information content (AvgIpc) is 2.53. The lowest BCUT2D eigenvalue weighted by Crippen LogP contribution is -2.40. The summed E-state index contributed by atoms with van der Waals surface area (Å²) in [5, 5.41) is 7.42. The minimum Gasteiger partial charge on any atom is -0.352 e. The number of fused-ring (bicyclic) bond motifs is 1. The molecule has 4 nitrogen and oxygen atoms in total. The molecule has 0 bridgehead atoms. The van der Waals surface area contributed by atoms with E-state index in [0.29, 0.717) is 6.54 Å². The van der Waals surface area contributed by atoms with Crippen molar-refractivity contribution in [3.05, 3.63) is 42.1 Å². The molecule has 120 valence electrons. The third-order valence-corrected chi connectivity index (χ3v) is 3.84. The summed E-state index contributed by atoms with van der Waals surface area (Å²) in [5.41, 5.74) is 2.04. The molecule has 1 fully saturated rings. The van der Waals surface area contributed by atoms with E-state index in [2.05, 4.69) is 15.6 Å². The Bertz CT molecular complexity index is 610. The summed E-state index contributed by atoms with van der Waals surface area (Å²) in [7, 11) is 0. The number of rotatable bonds is 3. The highest BCUT2D eigenvalue weighted by atomic mass is 35.5. The first kappa shape index (κ1) is 18.7. The van der Waals surface area contributed by atoms with E-state index >= 15 is 0 Å². The normalized spacial score (nSPS) is 17.2. The van der Waals surface area contributed by atoms with Gasteiger partial charge in [-0.1, -0.05) is 24.3 Å². The maximum atomic E-state index is 12.1. The molecule has 1 atom stereocenters. The van der Waals surface area contributed by atoms with E-state index in [1.807, 2.05) is 30.3 Å². The van der Waals surface area contributed by atoms with Gasteiger partial charge in [0.2, 0.25) is 5.91 Å². The molecule has 0 spiro atoms. The molecule has 2 aromatic rings. The Balaban J connectivity index is 0.00000121. The fourth-order valence-electron chi connectivity index (χ4n) is 2.71. The molecule has 0 aliphatic carbocycles. The molecular formula is C16H21Cl2N3O. The van der Waals surface area contributed by atoms with Crippen molar-refractivity contribution < 1.29 is 4.79 Å². The van der Waals surface area contributed by atoms with Crippen molar-refractivity contribution in [1.29, 1.82) is 0 Å². The van der Waals surface area contributed by atoms with Gasteiger partial charge in [-0.15, -0.1) is 24.8 Å². The smallest absolute Gasteiger partial charge is 0.224 e. The van der Waals surface area contributed by atoms with Crippen molar-refractivity contribution in [3.63, 3.8) is 0 Å². The number of piperidine rings is 1. The van der Waals surface area contributed by atoms with Crippen LogP contribution in [0.25, 0.3) is 10.9 Å². The number of carbonyl (C=O) groups is 1. The lowest BCUT2D eigenvalue weighted by atomic mass is 9.98. The van der Waals surface area contributed by atoms with Gasteiger partial charge in [0.05, 0.1) is 11.4 Å². The molecule has 0 unspecified atom stereocenters. The van der Waals surface area contributed by atoms with Gasteiger partial charge in [-0.25, -0.2) is 0 Å². The lowest BCUT2D eigenvalue weighted by Gasteiger charge is -2.22. The Kier molecular flexibility index (Phi) is 7.59. The van der Waals surface area contributed by atoms with Crippen molar-refractivity contribution in [2.45, 2.75) is 19.4 Å². The van der Waals surface area contributed by atoms with Gasteiger partial charge in [0, 0.05) is 24.7 Å². The average molecular weight is 342 g/mol. The summed E-state index contributed by atoms with van der Waals surface area (Å²) in [5.74, 6) is 0.247. The molecule has 6 heteroatoms. The van der Waals surface area contributed by atoms with E-state index in [9.17, 15) is 4.79 Å². The number of aromatic nitrogens is 1. The number of benzene rings is 1. The van der Waals surface area contributed by atoms with Crippen LogP contribution in [0, 0.1) is 5.92 Å². The van der Waals surface area contributed by atoms with E-state index in [1.54, 1.807) is 6.20 Å². The van der Waals surface area contributed by atoms with Gasteiger partial charge in [0.1, 0.15) is 0 Å². The van der Waals surface area contributed by atoms with E-state index in [0.717, 1.165) is 42.4 Å². The third-order valence-electron chi connectivity index (χ3n) is 3.84. The van der Waals surface area contributed by atoms with E-state index in [-0.39, 0.29) is 36.6 Å². The van der Waals surface area contributed by atoms with Crippen LogP contribution in [-0.4, -0.2) is 24.0 Å². The number of hydrogen-bond donors (Lipinski definition) is 2. The summed E-state index contributed by atoms with van der Waals surface area (Å²) in [4.78, 5) is 16.5. The second kappa shape index (κ2) is 8.93. The maximum absolute atomic E-state index is 12.1. The van der Waals surface area contributed by atoms with Crippen molar-refractivity contribution in [2.75, 3.05) is 13.1 Å².